The summed E-state index contributed by atoms with van der Waals surface area (Å²) < 4.78 is 6.84. The van der Waals surface area contributed by atoms with E-state index in [1.165, 1.54) is 21.8 Å². The van der Waals surface area contributed by atoms with Crippen LogP contribution in [-0.2, 0) is 0 Å². The maximum Gasteiger partial charge on any atom is 0.101 e. The Morgan fingerprint density at radius 3 is 1.49 bits per heavy atom. The third kappa shape index (κ3) is 4.33. The summed E-state index contributed by atoms with van der Waals surface area (Å²) in [6, 6.07) is 65.9. The van der Waals surface area contributed by atoms with Gasteiger partial charge in [-0.1, -0.05) is 115 Å². The quantitative estimate of drug-likeness (QED) is 0.184. The largest absolute Gasteiger partial charge is 0.309 e. The van der Waals surface area contributed by atoms with Crippen molar-refractivity contribution in [2.45, 2.75) is 0 Å². The predicted molar refractivity (Wildman–Crippen MR) is 224 cm³/mol. The molecule has 0 unspecified atom stereocenters. The molecule has 0 fully saturated rings. The predicted octanol–water partition coefficient (Wildman–Crippen LogP) is 12.4. The molecular weight excluding hydrogens is 671 g/mol. The van der Waals surface area contributed by atoms with Crippen LogP contribution in [0.4, 0.5) is 0 Å². The molecule has 254 valence electrons. The lowest BCUT2D eigenvalue weighted by Gasteiger charge is -2.19. The summed E-state index contributed by atoms with van der Waals surface area (Å²) in [5.41, 5.74) is 12.1. The third-order valence-corrected chi connectivity index (χ3v) is 11.1. The Hall–Kier alpha value is -7.86. The zero-order valence-corrected chi connectivity index (χ0v) is 29.5. The van der Waals surface area contributed by atoms with Crippen molar-refractivity contribution in [2.75, 3.05) is 0 Å². The van der Waals surface area contributed by atoms with Crippen molar-refractivity contribution in [3.05, 3.63) is 187 Å². The number of hydrogen-bond donors (Lipinski definition) is 0. The molecule has 3 aromatic heterocycles. The first kappa shape index (κ1) is 30.7. The summed E-state index contributed by atoms with van der Waals surface area (Å²) in [5.74, 6) is 0. The minimum absolute atomic E-state index is 0.528. The zero-order chi connectivity index (χ0) is 36.6. The first-order valence-electron chi connectivity index (χ1n) is 18.3. The molecule has 0 aliphatic rings. The highest BCUT2D eigenvalue weighted by atomic mass is 15.0. The van der Waals surface area contributed by atoms with Crippen LogP contribution in [-0.4, -0.2) is 13.7 Å². The van der Waals surface area contributed by atoms with Gasteiger partial charge in [0.25, 0.3) is 0 Å². The van der Waals surface area contributed by atoms with Gasteiger partial charge in [0.1, 0.15) is 12.1 Å². The van der Waals surface area contributed by atoms with Gasteiger partial charge in [0, 0.05) is 49.1 Å². The van der Waals surface area contributed by atoms with Crippen molar-refractivity contribution in [1.29, 1.82) is 10.5 Å². The third-order valence-electron chi connectivity index (χ3n) is 11.1. The molecule has 0 bridgehead atoms. The minimum Gasteiger partial charge on any atom is -0.309 e. The van der Waals surface area contributed by atoms with Crippen molar-refractivity contribution in [1.82, 2.24) is 13.7 Å². The normalized spacial score (nSPS) is 11.6. The standard InChI is InChI=1S/C50H29N5/c51-30-32-13-11-20-40(49(32)55-47-26-10-4-18-38(47)41-21-12-14-33(31-52)50(41)55)37-17-3-8-24-45(37)54-46-25-9-5-19-39(46)42-29-34(27-28-48(42)54)53-43-22-6-1-15-35(43)36-16-2-7-23-44(36)53/h1-29H. The molecule has 11 rings (SSSR count). The highest BCUT2D eigenvalue weighted by molar-refractivity contribution is 6.14. The van der Waals surface area contributed by atoms with Crippen molar-refractivity contribution in [2.24, 2.45) is 0 Å². The van der Waals surface area contributed by atoms with E-state index in [-0.39, 0.29) is 0 Å². The Morgan fingerprint density at radius 2 is 0.818 bits per heavy atom. The van der Waals surface area contributed by atoms with Gasteiger partial charge in [-0.05, 0) is 60.7 Å². The van der Waals surface area contributed by atoms with E-state index in [0.717, 1.165) is 71.8 Å². The average molecular weight is 700 g/mol. The molecule has 55 heavy (non-hydrogen) atoms. The van der Waals surface area contributed by atoms with E-state index in [9.17, 15) is 10.5 Å². The van der Waals surface area contributed by atoms with E-state index in [0.29, 0.717) is 11.1 Å². The van der Waals surface area contributed by atoms with E-state index in [1.54, 1.807) is 0 Å². The molecule has 3 heterocycles. The molecule has 11 aromatic rings. The maximum absolute atomic E-state index is 10.7. The number of nitrogens with zero attached hydrogens (tertiary/aromatic N) is 5. The van der Waals surface area contributed by atoms with Gasteiger partial charge in [-0.2, -0.15) is 10.5 Å². The summed E-state index contributed by atoms with van der Waals surface area (Å²) in [6.45, 7) is 0. The number of para-hydroxylation sites is 7. The Bertz CT molecular complexity index is 3420. The van der Waals surface area contributed by atoms with Crippen molar-refractivity contribution >= 4 is 65.4 Å². The van der Waals surface area contributed by atoms with Crippen LogP contribution in [0.3, 0.4) is 0 Å². The van der Waals surface area contributed by atoms with Crippen LogP contribution in [0.2, 0.25) is 0 Å². The first-order valence-corrected chi connectivity index (χ1v) is 18.3. The SMILES string of the molecule is N#Cc1cccc(-c2ccccc2-n2c3ccccc3c3cc(-n4c5ccccc5c5ccccc54)ccc32)c1-n1c2ccccc2c2cccc(C#N)c21. The molecule has 0 atom stereocenters. The van der Waals surface area contributed by atoms with Crippen LogP contribution in [0.1, 0.15) is 11.1 Å². The number of hydrogen-bond acceptors (Lipinski definition) is 2. The van der Waals surface area contributed by atoms with Crippen LogP contribution >= 0.6 is 0 Å². The molecule has 0 amide bonds. The molecule has 0 aliphatic carbocycles. The second kappa shape index (κ2) is 11.8. The summed E-state index contributed by atoms with van der Waals surface area (Å²) in [5, 5.41) is 27.8. The van der Waals surface area contributed by atoms with Crippen LogP contribution in [0.5, 0.6) is 0 Å². The molecule has 5 heteroatoms. The van der Waals surface area contributed by atoms with Gasteiger partial charge < -0.3 is 13.7 Å². The van der Waals surface area contributed by atoms with Crippen molar-refractivity contribution < 1.29 is 0 Å². The molecule has 0 saturated carbocycles. The fourth-order valence-corrected chi connectivity index (χ4v) is 8.89. The average Bonchev–Trinajstić information content (AvgIpc) is 3.89. The number of benzene rings is 8. The van der Waals surface area contributed by atoms with E-state index < -0.39 is 0 Å². The number of aromatic nitrogens is 3. The van der Waals surface area contributed by atoms with Gasteiger partial charge in [-0.25, -0.2) is 0 Å². The molecule has 0 saturated heterocycles. The Labute approximate surface area is 316 Å². The molecule has 0 spiro atoms. The smallest absolute Gasteiger partial charge is 0.101 e. The lowest BCUT2D eigenvalue weighted by molar-refractivity contribution is 1.15. The van der Waals surface area contributed by atoms with Gasteiger partial charge in [0.2, 0.25) is 0 Å². The summed E-state index contributed by atoms with van der Waals surface area (Å²) in [4.78, 5) is 0. The fraction of sp³-hybridized carbons (Fsp3) is 0. The van der Waals surface area contributed by atoms with Crippen molar-refractivity contribution in [3.63, 3.8) is 0 Å². The summed E-state index contributed by atoms with van der Waals surface area (Å²) >= 11 is 0. The van der Waals surface area contributed by atoms with Gasteiger partial charge in [0.15, 0.2) is 0 Å². The zero-order valence-electron chi connectivity index (χ0n) is 29.5. The van der Waals surface area contributed by atoms with E-state index >= 15 is 0 Å². The fourth-order valence-electron chi connectivity index (χ4n) is 8.89. The Kier molecular flexibility index (Phi) is 6.61. The van der Waals surface area contributed by atoms with Gasteiger partial charge in [-0.3, -0.25) is 0 Å². The van der Waals surface area contributed by atoms with Crippen LogP contribution in [0, 0.1) is 22.7 Å². The van der Waals surface area contributed by atoms with E-state index in [4.69, 9.17) is 0 Å². The first-order chi connectivity index (χ1) is 27.2. The molecular formula is C50H29N5. The highest BCUT2D eigenvalue weighted by Crippen LogP contribution is 2.43. The van der Waals surface area contributed by atoms with E-state index in [2.05, 4.69) is 165 Å². The van der Waals surface area contributed by atoms with Gasteiger partial charge in [0.05, 0.1) is 55.6 Å². The Balaban J connectivity index is 1.20. The highest BCUT2D eigenvalue weighted by Gasteiger charge is 2.23. The second-order valence-corrected chi connectivity index (χ2v) is 13.9. The van der Waals surface area contributed by atoms with Crippen molar-refractivity contribution in [3.8, 4) is 40.3 Å². The molecule has 0 N–H and O–H groups in total. The summed E-state index contributed by atoms with van der Waals surface area (Å²) in [6.07, 6.45) is 0. The molecule has 5 nitrogen and oxygen atoms in total. The van der Waals surface area contributed by atoms with E-state index in [1.807, 2.05) is 36.4 Å². The second-order valence-electron chi connectivity index (χ2n) is 13.9. The molecule has 8 aromatic carbocycles. The molecule has 0 aliphatic heterocycles. The maximum atomic E-state index is 10.7. The summed E-state index contributed by atoms with van der Waals surface area (Å²) in [7, 11) is 0. The topological polar surface area (TPSA) is 62.4 Å². The number of rotatable bonds is 4. The number of nitriles is 2. The minimum atomic E-state index is 0.528. The Morgan fingerprint density at radius 1 is 0.345 bits per heavy atom. The van der Waals surface area contributed by atoms with Crippen LogP contribution < -0.4 is 0 Å². The monoisotopic (exact) mass is 699 g/mol. The lowest BCUT2D eigenvalue weighted by Crippen LogP contribution is -2.04. The van der Waals surface area contributed by atoms with Gasteiger partial charge >= 0.3 is 0 Å². The molecule has 0 radical (unpaired) electrons. The number of fused-ring (bicyclic) bond motifs is 9. The van der Waals surface area contributed by atoms with Crippen LogP contribution in [0.15, 0.2) is 176 Å². The van der Waals surface area contributed by atoms with Crippen LogP contribution in [0.25, 0.3) is 93.6 Å². The lowest BCUT2D eigenvalue weighted by atomic mass is 9.97. The van der Waals surface area contributed by atoms with Gasteiger partial charge in [-0.15, -0.1) is 0 Å².